The molecule has 0 aromatic rings. The van der Waals surface area contributed by atoms with Crippen LogP contribution in [0.3, 0.4) is 0 Å². The largest absolute Gasteiger partial charge is 0.466 e. The normalized spacial score (nSPS) is 7.64. The van der Waals surface area contributed by atoms with Crippen LogP contribution in [0, 0.1) is 0 Å². The first-order valence-corrected chi connectivity index (χ1v) is 3.74. The van der Waals surface area contributed by atoms with E-state index in [2.05, 4.69) is 23.2 Å². The quantitative estimate of drug-likeness (QED) is 0.382. The lowest BCUT2D eigenvalue weighted by atomic mass is 10.4. The summed E-state index contributed by atoms with van der Waals surface area (Å²) in [6.07, 6.45) is 1.09. The highest BCUT2D eigenvalue weighted by molar-refractivity contribution is 5.87. The van der Waals surface area contributed by atoms with E-state index in [1.54, 1.807) is 6.92 Å². The van der Waals surface area contributed by atoms with Crippen molar-refractivity contribution in [2.45, 2.75) is 6.92 Å². The van der Waals surface area contributed by atoms with E-state index in [4.69, 9.17) is 5.11 Å². The third-order valence-electron chi connectivity index (χ3n) is 0.973. The summed E-state index contributed by atoms with van der Waals surface area (Å²) >= 11 is 0. The van der Waals surface area contributed by atoms with Crippen molar-refractivity contribution < 1.29 is 19.4 Å². The van der Waals surface area contributed by atoms with Crippen LogP contribution in [0.1, 0.15) is 6.92 Å². The minimum absolute atomic E-state index is 0.329. The predicted octanol–water partition coefficient (Wildman–Crippen LogP) is -0.0261. The maximum Gasteiger partial charge on any atom is 0.332 e. The Labute approximate surface area is 83.1 Å². The van der Waals surface area contributed by atoms with Gasteiger partial charge in [-0.2, -0.15) is 0 Å². The van der Waals surface area contributed by atoms with Gasteiger partial charge in [0.2, 0.25) is 5.91 Å². The van der Waals surface area contributed by atoms with Crippen molar-refractivity contribution >= 4 is 11.9 Å². The molecule has 0 fully saturated rings. The third kappa shape index (κ3) is 10.4. The highest BCUT2D eigenvalue weighted by Crippen LogP contribution is 1.87. The summed E-state index contributed by atoms with van der Waals surface area (Å²) in [5, 5.41) is 10.1. The van der Waals surface area contributed by atoms with Crippen LogP contribution in [0.25, 0.3) is 0 Å². The molecule has 0 rings (SSSR count). The Morgan fingerprint density at radius 2 is 2.07 bits per heavy atom. The maximum atomic E-state index is 10.2. The highest BCUT2D eigenvalue weighted by atomic mass is 16.5. The lowest BCUT2D eigenvalue weighted by Gasteiger charge is -1.91. The second kappa shape index (κ2) is 9.47. The number of carbonyl (C=O) groups excluding carboxylic acids is 2. The molecule has 0 aromatic carbocycles. The molecule has 2 N–H and O–H groups in total. The third-order valence-corrected chi connectivity index (χ3v) is 0.973. The van der Waals surface area contributed by atoms with Crippen molar-refractivity contribution in [3.05, 3.63) is 24.8 Å². The molecule has 1 amide bonds. The minimum Gasteiger partial charge on any atom is -0.466 e. The van der Waals surface area contributed by atoms with Crippen LogP contribution in [0.15, 0.2) is 24.8 Å². The number of hydrogen-bond donors (Lipinski definition) is 2. The lowest BCUT2D eigenvalue weighted by molar-refractivity contribution is -0.136. The van der Waals surface area contributed by atoms with Crippen molar-refractivity contribution in [1.82, 2.24) is 5.32 Å². The summed E-state index contributed by atoms with van der Waals surface area (Å²) in [6, 6.07) is 0. The fraction of sp³-hybridized carbons (Fsp3) is 0.333. The Morgan fingerprint density at radius 1 is 1.57 bits per heavy atom. The first kappa shape index (κ1) is 14.9. The van der Waals surface area contributed by atoms with E-state index in [1.165, 1.54) is 7.11 Å². The monoisotopic (exact) mass is 201 g/mol. The zero-order valence-corrected chi connectivity index (χ0v) is 8.37. The molecular formula is C9H15NO4. The van der Waals surface area contributed by atoms with Crippen LogP contribution < -0.4 is 5.32 Å². The first-order valence-electron chi connectivity index (χ1n) is 3.74. The Balaban J connectivity index is 0. The maximum absolute atomic E-state index is 10.2. The second-order valence-corrected chi connectivity index (χ2v) is 2.18. The van der Waals surface area contributed by atoms with Crippen molar-refractivity contribution in [3.63, 3.8) is 0 Å². The van der Waals surface area contributed by atoms with Gasteiger partial charge in [0, 0.05) is 5.57 Å². The molecule has 14 heavy (non-hydrogen) atoms. The molecule has 0 heterocycles. The molecule has 0 unspecified atom stereocenters. The van der Waals surface area contributed by atoms with Gasteiger partial charge in [0.05, 0.1) is 7.11 Å². The van der Waals surface area contributed by atoms with E-state index in [0.717, 1.165) is 6.08 Å². The number of aliphatic hydroxyl groups excluding tert-OH is 1. The van der Waals surface area contributed by atoms with Crippen molar-refractivity contribution in [1.29, 1.82) is 0 Å². The van der Waals surface area contributed by atoms with E-state index in [-0.39, 0.29) is 18.6 Å². The molecule has 0 bridgehead atoms. The van der Waals surface area contributed by atoms with Gasteiger partial charge in [-0.3, -0.25) is 4.79 Å². The Kier molecular flexibility index (Phi) is 10.1. The summed E-state index contributed by atoms with van der Waals surface area (Å²) in [4.78, 5) is 20.2. The van der Waals surface area contributed by atoms with Crippen LogP contribution in [-0.2, 0) is 14.3 Å². The summed E-state index contributed by atoms with van der Waals surface area (Å²) in [7, 11) is 1.33. The molecular weight excluding hydrogens is 186 g/mol. The number of aliphatic hydroxyl groups is 1. The molecule has 0 aliphatic heterocycles. The molecule has 80 valence electrons. The minimum atomic E-state index is -0.359. The average Bonchev–Trinajstić information content (AvgIpc) is 2.17. The number of rotatable bonds is 3. The SMILES string of the molecule is C=C(C)C(=O)OC.C=CC(=O)NCO. The first-order chi connectivity index (χ1) is 6.49. The van der Waals surface area contributed by atoms with E-state index in [1.807, 2.05) is 0 Å². The van der Waals surface area contributed by atoms with Crippen LogP contribution in [0.2, 0.25) is 0 Å². The smallest absolute Gasteiger partial charge is 0.332 e. The zero-order chi connectivity index (χ0) is 11.6. The van der Waals surface area contributed by atoms with Gasteiger partial charge in [-0.25, -0.2) is 4.79 Å². The second-order valence-electron chi connectivity index (χ2n) is 2.18. The number of methoxy groups -OCH3 is 1. The van der Waals surface area contributed by atoms with Crippen LogP contribution in [0.4, 0.5) is 0 Å². The fourth-order valence-corrected chi connectivity index (χ4v) is 0.324. The fourth-order valence-electron chi connectivity index (χ4n) is 0.324. The van der Waals surface area contributed by atoms with E-state index in [9.17, 15) is 9.59 Å². The van der Waals surface area contributed by atoms with Crippen molar-refractivity contribution in [2.24, 2.45) is 0 Å². The van der Waals surface area contributed by atoms with E-state index >= 15 is 0 Å². The van der Waals surface area contributed by atoms with Gasteiger partial charge in [0.25, 0.3) is 0 Å². The summed E-state index contributed by atoms with van der Waals surface area (Å²) < 4.78 is 4.27. The van der Waals surface area contributed by atoms with Gasteiger partial charge in [0.1, 0.15) is 6.73 Å². The van der Waals surface area contributed by atoms with Gasteiger partial charge in [-0.15, -0.1) is 0 Å². The van der Waals surface area contributed by atoms with Crippen LogP contribution in [0.5, 0.6) is 0 Å². The topological polar surface area (TPSA) is 75.6 Å². The van der Waals surface area contributed by atoms with Crippen LogP contribution >= 0.6 is 0 Å². The van der Waals surface area contributed by atoms with Gasteiger partial charge in [0.15, 0.2) is 0 Å². The Hall–Kier alpha value is -1.62. The number of amides is 1. The van der Waals surface area contributed by atoms with Gasteiger partial charge >= 0.3 is 5.97 Å². The molecule has 0 aliphatic carbocycles. The number of ether oxygens (including phenoxy) is 1. The molecule has 0 radical (unpaired) electrons. The Bertz CT molecular complexity index is 221. The predicted molar refractivity (Wildman–Crippen MR) is 52.3 cm³/mol. The summed E-state index contributed by atoms with van der Waals surface area (Å²) in [6.45, 7) is 7.78. The number of nitrogens with one attached hydrogen (secondary N) is 1. The van der Waals surface area contributed by atoms with E-state index < -0.39 is 0 Å². The molecule has 0 atom stereocenters. The van der Waals surface area contributed by atoms with Crippen LogP contribution in [-0.4, -0.2) is 30.8 Å². The molecule has 5 nitrogen and oxygen atoms in total. The highest BCUT2D eigenvalue weighted by Gasteiger charge is 1.95. The summed E-state index contributed by atoms with van der Waals surface area (Å²) in [5.74, 6) is -0.706. The van der Waals surface area contributed by atoms with Crippen molar-refractivity contribution in [3.8, 4) is 0 Å². The molecule has 0 aromatic heterocycles. The average molecular weight is 201 g/mol. The number of hydrogen-bond acceptors (Lipinski definition) is 4. The number of carbonyl (C=O) groups is 2. The van der Waals surface area contributed by atoms with Gasteiger partial charge < -0.3 is 15.2 Å². The standard InChI is InChI=1S/C5H8O2.C4H7NO2/c1-4(2)5(6)7-3;1-2-4(7)5-3-6/h1H2,2-3H3;2,6H,1,3H2,(H,5,7). The zero-order valence-electron chi connectivity index (χ0n) is 8.37. The molecule has 0 saturated heterocycles. The van der Waals surface area contributed by atoms with Gasteiger partial charge in [-0.05, 0) is 13.0 Å². The van der Waals surface area contributed by atoms with E-state index in [0.29, 0.717) is 5.57 Å². The lowest BCUT2D eigenvalue weighted by Crippen LogP contribution is -2.20. The summed E-state index contributed by atoms with van der Waals surface area (Å²) in [5.41, 5.74) is 0.433. The molecule has 5 heteroatoms. The molecule has 0 saturated carbocycles. The molecule has 0 aliphatic rings. The van der Waals surface area contributed by atoms with Gasteiger partial charge in [-0.1, -0.05) is 13.2 Å². The van der Waals surface area contributed by atoms with Crippen molar-refractivity contribution in [2.75, 3.05) is 13.8 Å². The number of esters is 1. The molecule has 0 spiro atoms. The Morgan fingerprint density at radius 3 is 2.14 bits per heavy atom.